The molecule has 1 aromatic carbocycles. The molecule has 138 valence electrons. The van der Waals surface area contributed by atoms with Crippen molar-refractivity contribution < 1.29 is 14.9 Å². The molecule has 0 bridgehead atoms. The van der Waals surface area contributed by atoms with Gasteiger partial charge in [0.05, 0.1) is 6.33 Å². The highest BCUT2D eigenvalue weighted by Gasteiger charge is 2.43. The number of rotatable bonds is 4. The summed E-state index contributed by atoms with van der Waals surface area (Å²) in [6.45, 7) is 0.108. The average Bonchev–Trinajstić information content (AvgIpc) is 3.18. The van der Waals surface area contributed by atoms with Crippen molar-refractivity contribution in [3.8, 4) is 0 Å². The Morgan fingerprint density at radius 3 is 2.58 bits per heavy atom. The Morgan fingerprint density at radius 1 is 1.12 bits per heavy atom. The molecule has 10 heteroatoms. The molecule has 0 aliphatic carbocycles. The second-order valence-electron chi connectivity index (χ2n) is 5.82. The molecule has 26 heavy (non-hydrogen) atoms. The average molecular weight is 379 g/mol. The van der Waals surface area contributed by atoms with Gasteiger partial charge < -0.3 is 26.0 Å². The van der Waals surface area contributed by atoms with Gasteiger partial charge in [0.25, 0.3) is 0 Å². The molecule has 4 atom stereocenters. The first-order chi connectivity index (χ1) is 12.2. The van der Waals surface area contributed by atoms with Gasteiger partial charge in [0.15, 0.2) is 23.2 Å². The van der Waals surface area contributed by atoms with Crippen LogP contribution in [0.1, 0.15) is 6.23 Å². The highest BCUT2D eigenvalue weighted by atomic mass is 35.5. The van der Waals surface area contributed by atoms with Crippen molar-refractivity contribution in [1.82, 2.24) is 19.5 Å². The largest absolute Gasteiger partial charge is 0.387 e. The molecule has 0 saturated carbocycles. The fourth-order valence-electron chi connectivity index (χ4n) is 2.94. The zero-order valence-corrected chi connectivity index (χ0v) is 14.5. The van der Waals surface area contributed by atoms with E-state index in [-0.39, 0.29) is 19.0 Å². The maximum absolute atomic E-state index is 10.3. The summed E-state index contributed by atoms with van der Waals surface area (Å²) in [4.78, 5) is 12.8. The molecule has 3 heterocycles. The molecule has 2 aromatic heterocycles. The Kier molecular flexibility index (Phi) is 5.35. The van der Waals surface area contributed by atoms with Crippen LogP contribution in [0.2, 0.25) is 0 Å². The van der Waals surface area contributed by atoms with E-state index in [0.29, 0.717) is 17.0 Å². The third-order valence-electron chi connectivity index (χ3n) is 4.24. The first-order valence-electron chi connectivity index (χ1n) is 7.90. The van der Waals surface area contributed by atoms with Crippen LogP contribution >= 0.6 is 12.4 Å². The van der Waals surface area contributed by atoms with E-state index in [1.807, 2.05) is 30.3 Å². The summed E-state index contributed by atoms with van der Waals surface area (Å²) in [6, 6.07) is 9.58. The molecule has 1 saturated heterocycles. The zero-order valence-electron chi connectivity index (χ0n) is 13.6. The van der Waals surface area contributed by atoms with Crippen molar-refractivity contribution in [2.24, 2.45) is 5.73 Å². The lowest BCUT2D eigenvalue weighted by molar-refractivity contribution is -0.0322. The van der Waals surface area contributed by atoms with Crippen molar-refractivity contribution >= 4 is 35.1 Å². The van der Waals surface area contributed by atoms with Crippen LogP contribution in [-0.4, -0.2) is 54.6 Å². The van der Waals surface area contributed by atoms with Gasteiger partial charge in [-0.2, -0.15) is 0 Å². The number of nitrogens with zero attached hydrogens (tertiary/aromatic N) is 4. The Morgan fingerprint density at radius 2 is 1.88 bits per heavy atom. The van der Waals surface area contributed by atoms with Crippen molar-refractivity contribution in [2.75, 3.05) is 11.9 Å². The molecular weight excluding hydrogens is 360 g/mol. The normalized spacial score (nSPS) is 25.2. The highest BCUT2D eigenvalue weighted by molar-refractivity contribution is 5.85. The van der Waals surface area contributed by atoms with Crippen LogP contribution < -0.4 is 11.1 Å². The fourth-order valence-corrected chi connectivity index (χ4v) is 2.94. The number of aromatic nitrogens is 4. The lowest BCUT2D eigenvalue weighted by atomic mass is 10.1. The van der Waals surface area contributed by atoms with Crippen LogP contribution in [0.3, 0.4) is 0 Å². The molecule has 1 aliphatic heterocycles. The second kappa shape index (κ2) is 7.52. The number of nitrogens with one attached hydrogen (secondary N) is 1. The van der Waals surface area contributed by atoms with E-state index in [4.69, 9.17) is 10.5 Å². The van der Waals surface area contributed by atoms with Crippen LogP contribution in [0.25, 0.3) is 11.2 Å². The van der Waals surface area contributed by atoms with E-state index in [1.165, 1.54) is 12.7 Å². The number of aliphatic hydroxyl groups excluding tert-OH is 2. The number of nitrogens with two attached hydrogens (primary N) is 1. The van der Waals surface area contributed by atoms with Gasteiger partial charge in [-0.15, -0.1) is 12.4 Å². The summed E-state index contributed by atoms with van der Waals surface area (Å²) in [5.41, 5.74) is 7.46. The van der Waals surface area contributed by atoms with Crippen LogP contribution in [0.4, 0.5) is 11.5 Å². The summed E-state index contributed by atoms with van der Waals surface area (Å²) in [5.74, 6) is 0.540. The Bertz CT molecular complexity index is 877. The molecule has 1 fully saturated rings. The van der Waals surface area contributed by atoms with Crippen molar-refractivity contribution in [2.45, 2.75) is 24.5 Å². The molecule has 0 radical (unpaired) electrons. The maximum Gasteiger partial charge on any atom is 0.167 e. The summed E-state index contributed by atoms with van der Waals surface area (Å²) in [5, 5.41) is 23.5. The van der Waals surface area contributed by atoms with Gasteiger partial charge in [0.2, 0.25) is 0 Å². The standard InChI is InChI=1S/C16H18N6O3.ClH/c17-6-10-12(23)13(24)16(25-10)22-8-20-11-14(18-7-19-15(11)22)21-9-4-2-1-3-5-9;/h1-5,7-8,10,12-13,16,23-24H,6,17H2,(H,18,19,21);1H/t10-,12-,13-,16-;/m1./s1. The minimum atomic E-state index is -1.12. The van der Waals surface area contributed by atoms with Gasteiger partial charge in [-0.05, 0) is 12.1 Å². The minimum Gasteiger partial charge on any atom is -0.387 e. The van der Waals surface area contributed by atoms with Gasteiger partial charge >= 0.3 is 0 Å². The van der Waals surface area contributed by atoms with E-state index in [1.54, 1.807) is 4.57 Å². The number of benzene rings is 1. The molecule has 1 aliphatic rings. The fraction of sp³-hybridized carbons (Fsp3) is 0.312. The Labute approximate surface area is 155 Å². The molecule has 9 nitrogen and oxygen atoms in total. The quantitative estimate of drug-likeness (QED) is 0.518. The number of hydrogen-bond acceptors (Lipinski definition) is 8. The van der Waals surface area contributed by atoms with Gasteiger partial charge in [-0.1, -0.05) is 18.2 Å². The number of hydrogen-bond donors (Lipinski definition) is 4. The van der Waals surface area contributed by atoms with Gasteiger partial charge in [0, 0.05) is 12.2 Å². The first kappa shape index (κ1) is 18.5. The van der Waals surface area contributed by atoms with Crippen molar-refractivity contribution in [1.29, 1.82) is 0 Å². The predicted molar refractivity (Wildman–Crippen MR) is 97.3 cm³/mol. The molecular formula is C16H19ClN6O3. The number of para-hydroxylation sites is 1. The summed E-state index contributed by atoms with van der Waals surface area (Å²) in [7, 11) is 0. The maximum atomic E-state index is 10.3. The first-order valence-corrected chi connectivity index (χ1v) is 7.90. The molecule has 3 aromatic rings. The smallest absolute Gasteiger partial charge is 0.167 e. The Hall–Kier alpha value is -2.30. The number of imidazole rings is 1. The summed E-state index contributed by atoms with van der Waals surface area (Å²) >= 11 is 0. The number of aliphatic hydroxyl groups is 2. The van der Waals surface area contributed by atoms with E-state index in [9.17, 15) is 10.2 Å². The topological polar surface area (TPSA) is 131 Å². The van der Waals surface area contributed by atoms with E-state index in [2.05, 4.69) is 20.3 Å². The molecule has 5 N–H and O–H groups in total. The van der Waals surface area contributed by atoms with Crippen LogP contribution in [0.15, 0.2) is 43.0 Å². The number of fused-ring (bicyclic) bond motifs is 1. The molecule has 0 unspecified atom stereocenters. The minimum absolute atomic E-state index is 0. The van der Waals surface area contributed by atoms with E-state index in [0.717, 1.165) is 5.69 Å². The zero-order chi connectivity index (χ0) is 17.4. The Balaban J connectivity index is 0.00000196. The SMILES string of the molecule is Cl.NC[C@H]1O[C@@H](n2cnc3c(Nc4ccccc4)ncnc32)[C@H](O)[C@@H]1O. The number of anilines is 2. The van der Waals surface area contributed by atoms with Crippen molar-refractivity contribution in [3.63, 3.8) is 0 Å². The number of ether oxygens (including phenoxy) is 1. The van der Waals surface area contributed by atoms with E-state index < -0.39 is 24.5 Å². The van der Waals surface area contributed by atoms with Crippen molar-refractivity contribution in [3.05, 3.63) is 43.0 Å². The number of halogens is 1. The monoisotopic (exact) mass is 378 g/mol. The molecule has 0 spiro atoms. The third-order valence-corrected chi connectivity index (χ3v) is 4.24. The van der Waals surface area contributed by atoms with E-state index >= 15 is 0 Å². The predicted octanol–water partition coefficient (Wildman–Crippen LogP) is 0.570. The molecule has 4 rings (SSSR count). The van der Waals surface area contributed by atoms with Gasteiger partial charge in [0.1, 0.15) is 24.6 Å². The lowest BCUT2D eigenvalue weighted by Crippen LogP contribution is -2.35. The van der Waals surface area contributed by atoms with Gasteiger partial charge in [-0.3, -0.25) is 4.57 Å². The lowest BCUT2D eigenvalue weighted by Gasteiger charge is -2.16. The van der Waals surface area contributed by atoms with Crippen LogP contribution in [0.5, 0.6) is 0 Å². The van der Waals surface area contributed by atoms with Gasteiger partial charge in [-0.25, -0.2) is 15.0 Å². The van der Waals surface area contributed by atoms with Crippen LogP contribution in [-0.2, 0) is 4.74 Å². The summed E-state index contributed by atoms with van der Waals surface area (Å²) in [6.07, 6.45) is -0.712. The second-order valence-corrected chi connectivity index (χ2v) is 5.82. The summed E-state index contributed by atoms with van der Waals surface area (Å²) < 4.78 is 7.24. The third kappa shape index (κ3) is 3.11. The highest BCUT2D eigenvalue weighted by Crippen LogP contribution is 2.32. The van der Waals surface area contributed by atoms with Crippen LogP contribution in [0, 0.1) is 0 Å². The molecule has 0 amide bonds.